The van der Waals surface area contributed by atoms with Crippen molar-refractivity contribution in [2.75, 3.05) is 6.61 Å². The third-order valence-electron chi connectivity index (χ3n) is 5.22. The molecule has 0 unspecified atom stereocenters. The molecular weight excluding hydrogens is 482 g/mol. The molecule has 37 heavy (non-hydrogen) atoms. The molecule has 208 valence electrons. The maximum Gasteiger partial charge on any atom is 0.510 e. The topological polar surface area (TPSA) is 137 Å². The molecule has 10 heteroatoms. The van der Waals surface area contributed by atoms with Gasteiger partial charge < -0.3 is 24.1 Å². The number of nitrogens with one attached hydrogen (secondary N) is 1. The van der Waals surface area contributed by atoms with Crippen molar-refractivity contribution in [2.45, 2.75) is 104 Å². The summed E-state index contributed by atoms with van der Waals surface area (Å²) in [5.74, 6) is -2.37. The van der Waals surface area contributed by atoms with Crippen LogP contribution in [0.4, 0.5) is 4.79 Å². The Morgan fingerprint density at radius 3 is 1.97 bits per heavy atom. The van der Waals surface area contributed by atoms with Gasteiger partial charge >= 0.3 is 24.1 Å². The van der Waals surface area contributed by atoms with Crippen LogP contribution >= 0.6 is 0 Å². The van der Waals surface area contributed by atoms with Gasteiger partial charge in [0.15, 0.2) is 11.5 Å². The van der Waals surface area contributed by atoms with Gasteiger partial charge in [0.25, 0.3) is 5.72 Å². The minimum absolute atomic E-state index is 0.0159. The predicted octanol–water partition coefficient (Wildman–Crippen LogP) is 5.15. The largest absolute Gasteiger partial charge is 0.510 e. The third-order valence-corrected chi connectivity index (χ3v) is 5.22. The number of rotatable bonds is 17. The van der Waals surface area contributed by atoms with Crippen LogP contribution in [0, 0.1) is 0 Å². The van der Waals surface area contributed by atoms with Crippen LogP contribution in [0.1, 0.15) is 91.5 Å². The second-order valence-corrected chi connectivity index (χ2v) is 9.10. The number of benzene rings is 1. The molecule has 10 nitrogen and oxygen atoms in total. The summed E-state index contributed by atoms with van der Waals surface area (Å²) < 4.78 is 21.2. The first-order valence-electron chi connectivity index (χ1n) is 13.0. The van der Waals surface area contributed by atoms with Crippen LogP contribution in [-0.2, 0) is 30.3 Å². The van der Waals surface area contributed by atoms with Gasteiger partial charge in [-0.25, -0.2) is 9.59 Å². The Kier molecular flexibility index (Phi) is 14.3. The van der Waals surface area contributed by atoms with Crippen molar-refractivity contribution in [1.82, 2.24) is 5.32 Å². The number of carbonyl (C=O) groups is 4. The van der Waals surface area contributed by atoms with Gasteiger partial charge in [0.2, 0.25) is 0 Å². The van der Waals surface area contributed by atoms with Crippen molar-refractivity contribution < 1.29 is 43.2 Å². The Hall–Kier alpha value is -3.14. The minimum Gasteiger partial charge on any atom is -0.477 e. The number of carboxylic acids is 1. The van der Waals surface area contributed by atoms with E-state index in [-0.39, 0.29) is 43.4 Å². The highest BCUT2D eigenvalue weighted by Crippen LogP contribution is 2.31. The summed E-state index contributed by atoms with van der Waals surface area (Å²) in [4.78, 5) is 49.2. The lowest BCUT2D eigenvalue weighted by Crippen LogP contribution is -2.59. The van der Waals surface area contributed by atoms with Crippen LogP contribution in [0.25, 0.3) is 0 Å². The van der Waals surface area contributed by atoms with Crippen LogP contribution in [0.5, 0.6) is 11.5 Å². The summed E-state index contributed by atoms with van der Waals surface area (Å²) >= 11 is 0. The zero-order valence-electron chi connectivity index (χ0n) is 22.6. The second-order valence-electron chi connectivity index (χ2n) is 9.10. The van der Waals surface area contributed by atoms with Crippen molar-refractivity contribution in [3.63, 3.8) is 0 Å². The lowest BCUT2D eigenvalue weighted by Gasteiger charge is -2.31. The highest BCUT2D eigenvalue weighted by atomic mass is 16.7. The maximum atomic E-state index is 12.4. The van der Waals surface area contributed by atoms with Crippen molar-refractivity contribution in [3.05, 3.63) is 23.8 Å². The van der Waals surface area contributed by atoms with E-state index in [2.05, 4.69) is 5.32 Å². The van der Waals surface area contributed by atoms with E-state index in [1.54, 1.807) is 13.8 Å². The number of carbonyl (C=O) groups excluding carboxylic acids is 3. The molecule has 0 fully saturated rings. The fourth-order valence-corrected chi connectivity index (χ4v) is 3.34. The average Bonchev–Trinajstić information content (AvgIpc) is 2.82. The van der Waals surface area contributed by atoms with Crippen molar-refractivity contribution in [3.8, 4) is 11.5 Å². The molecule has 0 radical (unpaired) electrons. The van der Waals surface area contributed by atoms with Crippen LogP contribution in [0.3, 0.4) is 0 Å². The number of esters is 2. The first kappa shape index (κ1) is 31.9. The molecule has 0 aromatic heterocycles. The van der Waals surface area contributed by atoms with E-state index in [1.165, 1.54) is 18.2 Å². The number of carboxylic acid groups (broad SMARTS) is 1. The fourth-order valence-electron chi connectivity index (χ4n) is 3.34. The Morgan fingerprint density at radius 2 is 1.46 bits per heavy atom. The zero-order chi connectivity index (χ0) is 27.8. The van der Waals surface area contributed by atoms with Crippen molar-refractivity contribution >= 4 is 24.1 Å². The fraction of sp³-hybridized carbons (Fsp3) is 0.630. The summed E-state index contributed by atoms with van der Waals surface area (Å²) in [5.41, 5.74) is -1.79. The normalized spacial score (nSPS) is 12.5. The van der Waals surface area contributed by atoms with Gasteiger partial charge in [-0.15, -0.1) is 0 Å². The van der Waals surface area contributed by atoms with Crippen molar-refractivity contribution in [2.24, 2.45) is 0 Å². The Labute approximate surface area is 219 Å². The number of ether oxygens (including phenoxy) is 4. The molecule has 0 aliphatic rings. The molecule has 0 aliphatic carbocycles. The Balaban J connectivity index is 3.32. The third kappa shape index (κ3) is 11.6. The molecule has 1 aromatic rings. The number of hydrogen-bond donors (Lipinski definition) is 2. The van der Waals surface area contributed by atoms with Crippen molar-refractivity contribution in [1.29, 1.82) is 0 Å². The lowest BCUT2D eigenvalue weighted by atomic mass is 10.0. The first-order valence-corrected chi connectivity index (χ1v) is 13.0. The lowest BCUT2D eigenvalue weighted by molar-refractivity contribution is -0.166. The van der Waals surface area contributed by atoms with Crippen LogP contribution < -0.4 is 14.8 Å². The molecule has 0 bridgehead atoms. The van der Waals surface area contributed by atoms with Crippen LogP contribution in [0.15, 0.2) is 18.2 Å². The van der Waals surface area contributed by atoms with Gasteiger partial charge in [0, 0.05) is 25.3 Å². The number of unbranched alkanes of at least 4 members (excludes halogenated alkanes) is 3. The molecule has 0 aliphatic heterocycles. The van der Waals surface area contributed by atoms with Crippen LogP contribution in [0.2, 0.25) is 0 Å². The predicted molar refractivity (Wildman–Crippen MR) is 136 cm³/mol. The van der Waals surface area contributed by atoms with Gasteiger partial charge in [-0.05, 0) is 50.8 Å². The van der Waals surface area contributed by atoms with Gasteiger partial charge in [-0.2, -0.15) is 0 Å². The summed E-state index contributed by atoms with van der Waals surface area (Å²) in [6.45, 7) is 9.34. The molecule has 0 saturated carbocycles. The minimum atomic E-state index is -2.15. The molecule has 1 rings (SSSR count). The summed E-state index contributed by atoms with van der Waals surface area (Å²) in [6.07, 6.45) is 3.23. The van der Waals surface area contributed by atoms with E-state index < -0.39 is 29.8 Å². The SMILES string of the molecule is CCCCOC(=O)O[C@](Cc1ccc(OC(=O)CCCC)c(OC(=O)CCCC)c1)(NC(C)C)C(=O)O. The maximum absolute atomic E-state index is 12.4. The highest BCUT2D eigenvalue weighted by Gasteiger charge is 2.44. The molecule has 0 saturated heterocycles. The monoisotopic (exact) mass is 523 g/mol. The first-order chi connectivity index (χ1) is 17.6. The smallest absolute Gasteiger partial charge is 0.477 e. The van der Waals surface area contributed by atoms with Gasteiger partial charge in [0.1, 0.15) is 0 Å². The Morgan fingerprint density at radius 1 is 0.892 bits per heavy atom. The van der Waals surface area contributed by atoms with Gasteiger partial charge in [-0.3, -0.25) is 14.9 Å². The van der Waals surface area contributed by atoms with E-state index in [1.807, 2.05) is 20.8 Å². The zero-order valence-corrected chi connectivity index (χ0v) is 22.6. The Bertz CT molecular complexity index is 900. The number of aliphatic carboxylic acids is 1. The standard InChI is InChI=1S/C27H41NO9/c1-6-9-12-23(29)35-21-15-14-20(17-22(21)36-24(30)13-10-7-2)18-27(25(31)32,28-19(4)5)37-26(33)34-16-11-8-3/h14-15,17,19,28H,6-13,16,18H2,1-5H3,(H,31,32)/t27-/m0/s1. The van der Waals surface area contributed by atoms with E-state index in [0.717, 1.165) is 19.3 Å². The molecule has 0 heterocycles. The molecule has 2 N–H and O–H groups in total. The van der Waals surface area contributed by atoms with E-state index in [0.29, 0.717) is 24.8 Å². The highest BCUT2D eigenvalue weighted by molar-refractivity contribution is 5.81. The summed E-state index contributed by atoms with van der Waals surface area (Å²) in [6, 6.07) is 4.00. The molecule has 0 amide bonds. The van der Waals surface area contributed by atoms with E-state index in [4.69, 9.17) is 18.9 Å². The molecule has 1 atom stereocenters. The molecular formula is C27H41NO9. The number of hydrogen-bond acceptors (Lipinski definition) is 9. The quantitative estimate of drug-likeness (QED) is 0.122. The van der Waals surface area contributed by atoms with E-state index >= 15 is 0 Å². The average molecular weight is 524 g/mol. The molecule has 0 spiro atoms. The van der Waals surface area contributed by atoms with Crippen LogP contribution in [-0.4, -0.2) is 47.5 Å². The van der Waals surface area contributed by atoms with Gasteiger partial charge in [-0.1, -0.05) is 46.1 Å². The summed E-state index contributed by atoms with van der Waals surface area (Å²) in [5, 5.41) is 12.9. The molecule has 1 aromatic carbocycles. The summed E-state index contributed by atoms with van der Waals surface area (Å²) in [7, 11) is 0. The second kappa shape index (κ2) is 16.6. The van der Waals surface area contributed by atoms with E-state index in [9.17, 15) is 24.3 Å². The van der Waals surface area contributed by atoms with Gasteiger partial charge in [0.05, 0.1) is 6.61 Å².